The zero-order valence-electron chi connectivity index (χ0n) is 10.4. The minimum absolute atomic E-state index is 0.0563. The third-order valence-electron chi connectivity index (χ3n) is 3.40. The maximum absolute atomic E-state index is 11.9. The molecule has 0 aromatic carbocycles. The third kappa shape index (κ3) is 1.83. The van der Waals surface area contributed by atoms with E-state index in [-0.39, 0.29) is 23.9 Å². The van der Waals surface area contributed by atoms with Crippen molar-refractivity contribution < 1.29 is 19.5 Å². The van der Waals surface area contributed by atoms with E-state index >= 15 is 0 Å². The normalized spacial score (nSPS) is 19.1. The zero-order valence-corrected chi connectivity index (χ0v) is 10.4. The molecular formula is C13H11N3O4. The number of carboxylic acid groups (broad SMARTS) is 1. The van der Waals surface area contributed by atoms with Crippen LogP contribution in [0.4, 0.5) is 0 Å². The predicted molar refractivity (Wildman–Crippen MR) is 67.3 cm³/mol. The van der Waals surface area contributed by atoms with E-state index in [0.29, 0.717) is 17.6 Å². The number of imide groups is 1. The second-order valence-electron chi connectivity index (χ2n) is 4.61. The van der Waals surface area contributed by atoms with Crippen molar-refractivity contribution in [2.75, 3.05) is 0 Å². The molecule has 2 aromatic rings. The lowest BCUT2D eigenvalue weighted by molar-refractivity contribution is -0.134. The molecule has 3 rings (SSSR count). The molecule has 102 valence electrons. The van der Waals surface area contributed by atoms with Crippen LogP contribution in [0.25, 0.3) is 5.52 Å². The number of pyridine rings is 1. The van der Waals surface area contributed by atoms with Crippen LogP contribution in [0.3, 0.4) is 0 Å². The monoisotopic (exact) mass is 273 g/mol. The van der Waals surface area contributed by atoms with Crippen molar-refractivity contribution in [3.05, 3.63) is 35.9 Å². The summed E-state index contributed by atoms with van der Waals surface area (Å²) in [6.45, 7) is 0. The van der Waals surface area contributed by atoms with Crippen LogP contribution in [-0.2, 0) is 9.59 Å². The second kappa shape index (κ2) is 4.44. The number of carboxylic acids is 1. The third-order valence-corrected chi connectivity index (χ3v) is 3.40. The van der Waals surface area contributed by atoms with E-state index < -0.39 is 11.9 Å². The Kier molecular flexibility index (Phi) is 2.74. The van der Waals surface area contributed by atoms with Crippen LogP contribution in [0, 0.1) is 0 Å². The maximum Gasteiger partial charge on any atom is 0.356 e. The number of nitrogens with one attached hydrogen (secondary N) is 1. The first-order valence-corrected chi connectivity index (χ1v) is 6.11. The fourth-order valence-electron chi connectivity index (χ4n) is 2.47. The summed E-state index contributed by atoms with van der Waals surface area (Å²) in [5, 5.41) is 11.4. The summed E-state index contributed by atoms with van der Waals surface area (Å²) in [4.78, 5) is 38.0. The van der Waals surface area contributed by atoms with Gasteiger partial charge in [-0.3, -0.25) is 14.9 Å². The Morgan fingerprint density at radius 2 is 2.20 bits per heavy atom. The van der Waals surface area contributed by atoms with Crippen LogP contribution in [0.1, 0.15) is 34.9 Å². The van der Waals surface area contributed by atoms with Gasteiger partial charge in [0.05, 0.1) is 11.4 Å². The van der Waals surface area contributed by atoms with Crippen LogP contribution >= 0.6 is 0 Å². The summed E-state index contributed by atoms with van der Waals surface area (Å²) < 4.78 is 1.59. The molecule has 1 unspecified atom stereocenters. The summed E-state index contributed by atoms with van der Waals surface area (Å²) >= 11 is 0. The predicted octanol–water partition coefficient (Wildman–Crippen LogP) is 0.553. The Hall–Kier alpha value is -2.70. The van der Waals surface area contributed by atoms with Gasteiger partial charge in [0.25, 0.3) is 0 Å². The molecule has 1 aliphatic heterocycles. The van der Waals surface area contributed by atoms with Crippen molar-refractivity contribution in [1.82, 2.24) is 14.7 Å². The average molecular weight is 273 g/mol. The summed E-state index contributed by atoms with van der Waals surface area (Å²) in [6, 6.07) is 5.05. The number of aromatic carboxylic acids is 1. The first kappa shape index (κ1) is 12.3. The zero-order chi connectivity index (χ0) is 14.3. The lowest BCUT2D eigenvalue weighted by Crippen LogP contribution is -2.40. The number of fused-ring (bicyclic) bond motifs is 1. The van der Waals surface area contributed by atoms with Crippen molar-refractivity contribution in [3.63, 3.8) is 0 Å². The standard InChI is InChI=1S/C13H11N3O4/c17-10-5-4-7(12(18)15-10)8-2-1-3-9-11(13(19)20)14-6-16(8)9/h1-3,6-7H,4-5H2,(H,19,20)(H,15,17,18). The number of carbonyl (C=O) groups is 3. The van der Waals surface area contributed by atoms with Crippen LogP contribution in [0.2, 0.25) is 0 Å². The summed E-state index contributed by atoms with van der Waals surface area (Å²) in [7, 11) is 0. The highest BCUT2D eigenvalue weighted by Gasteiger charge is 2.30. The van der Waals surface area contributed by atoms with Gasteiger partial charge in [-0.1, -0.05) is 6.07 Å². The van der Waals surface area contributed by atoms with E-state index in [4.69, 9.17) is 5.11 Å². The van der Waals surface area contributed by atoms with Crippen LogP contribution < -0.4 is 5.32 Å². The number of imidazole rings is 1. The number of rotatable bonds is 2. The number of piperidine rings is 1. The molecule has 1 saturated heterocycles. The molecule has 0 aliphatic carbocycles. The van der Waals surface area contributed by atoms with Crippen molar-refractivity contribution in [2.45, 2.75) is 18.8 Å². The van der Waals surface area contributed by atoms with Gasteiger partial charge in [-0.2, -0.15) is 0 Å². The number of hydrogen-bond acceptors (Lipinski definition) is 4. The Morgan fingerprint density at radius 3 is 2.90 bits per heavy atom. The SMILES string of the molecule is O=C1CCC(c2cccc3c(C(=O)O)ncn23)C(=O)N1. The molecule has 7 heteroatoms. The molecule has 2 aromatic heterocycles. The van der Waals surface area contributed by atoms with Gasteiger partial charge >= 0.3 is 5.97 Å². The fraction of sp³-hybridized carbons (Fsp3) is 0.231. The summed E-state index contributed by atoms with van der Waals surface area (Å²) in [5.74, 6) is -2.24. The van der Waals surface area contributed by atoms with E-state index in [1.165, 1.54) is 6.33 Å². The van der Waals surface area contributed by atoms with Gasteiger partial charge in [-0.15, -0.1) is 0 Å². The van der Waals surface area contributed by atoms with Gasteiger partial charge in [-0.05, 0) is 18.6 Å². The number of carbonyl (C=O) groups excluding carboxylic acids is 2. The summed E-state index contributed by atoms with van der Waals surface area (Å²) in [5.41, 5.74) is 1.01. The van der Waals surface area contributed by atoms with Crippen molar-refractivity contribution in [1.29, 1.82) is 0 Å². The molecule has 2 amide bonds. The molecule has 3 heterocycles. The first-order valence-electron chi connectivity index (χ1n) is 6.11. The summed E-state index contributed by atoms with van der Waals surface area (Å²) in [6.07, 6.45) is 2.06. The van der Waals surface area contributed by atoms with E-state index in [1.807, 2.05) is 0 Å². The highest BCUT2D eigenvalue weighted by molar-refractivity contribution is 6.01. The fourth-order valence-corrected chi connectivity index (χ4v) is 2.47. The average Bonchev–Trinajstić information content (AvgIpc) is 2.82. The lowest BCUT2D eigenvalue weighted by atomic mass is 9.94. The first-order chi connectivity index (χ1) is 9.58. The van der Waals surface area contributed by atoms with Gasteiger partial charge < -0.3 is 9.51 Å². The van der Waals surface area contributed by atoms with Crippen LogP contribution in [-0.4, -0.2) is 32.3 Å². The van der Waals surface area contributed by atoms with Gasteiger partial charge in [-0.25, -0.2) is 9.78 Å². The van der Waals surface area contributed by atoms with Gasteiger partial charge in [0, 0.05) is 12.1 Å². The highest BCUT2D eigenvalue weighted by atomic mass is 16.4. The minimum atomic E-state index is -1.12. The molecule has 1 aliphatic rings. The van der Waals surface area contributed by atoms with Crippen molar-refractivity contribution in [3.8, 4) is 0 Å². The quantitative estimate of drug-likeness (QED) is 0.778. The molecule has 1 atom stereocenters. The Labute approximate surface area is 113 Å². The molecule has 20 heavy (non-hydrogen) atoms. The van der Waals surface area contributed by atoms with E-state index in [9.17, 15) is 14.4 Å². The molecule has 1 fully saturated rings. The largest absolute Gasteiger partial charge is 0.476 e. The topological polar surface area (TPSA) is 101 Å². The molecule has 0 bridgehead atoms. The van der Waals surface area contributed by atoms with Crippen molar-refractivity contribution in [2.24, 2.45) is 0 Å². The van der Waals surface area contributed by atoms with E-state index in [1.54, 1.807) is 22.6 Å². The Morgan fingerprint density at radius 1 is 1.40 bits per heavy atom. The molecular weight excluding hydrogens is 262 g/mol. The molecule has 0 saturated carbocycles. The van der Waals surface area contributed by atoms with Crippen LogP contribution in [0.15, 0.2) is 24.5 Å². The maximum atomic E-state index is 11.9. The molecule has 7 nitrogen and oxygen atoms in total. The number of nitrogens with zero attached hydrogens (tertiary/aromatic N) is 2. The van der Waals surface area contributed by atoms with E-state index in [2.05, 4.69) is 10.3 Å². The Bertz CT molecular complexity index is 734. The number of hydrogen-bond donors (Lipinski definition) is 2. The van der Waals surface area contributed by atoms with E-state index in [0.717, 1.165) is 0 Å². The highest BCUT2D eigenvalue weighted by Crippen LogP contribution is 2.26. The molecule has 2 N–H and O–H groups in total. The van der Waals surface area contributed by atoms with Gasteiger partial charge in [0.2, 0.25) is 11.8 Å². The molecule has 0 spiro atoms. The Balaban J connectivity index is 2.10. The minimum Gasteiger partial charge on any atom is -0.476 e. The number of amides is 2. The smallest absolute Gasteiger partial charge is 0.356 e. The van der Waals surface area contributed by atoms with Crippen molar-refractivity contribution >= 4 is 23.3 Å². The molecule has 0 radical (unpaired) electrons. The second-order valence-corrected chi connectivity index (χ2v) is 4.61. The van der Waals surface area contributed by atoms with Gasteiger partial charge in [0.1, 0.15) is 6.33 Å². The lowest BCUT2D eigenvalue weighted by Gasteiger charge is -2.21. The van der Waals surface area contributed by atoms with Crippen LogP contribution in [0.5, 0.6) is 0 Å². The number of aromatic nitrogens is 2. The van der Waals surface area contributed by atoms with Gasteiger partial charge in [0.15, 0.2) is 5.69 Å².